The highest BCUT2D eigenvalue weighted by Gasteiger charge is 2.25. The molecule has 5 nitrogen and oxygen atoms in total. The molecule has 1 aromatic carbocycles. The second kappa shape index (κ2) is 8.86. The molecule has 0 radical (unpaired) electrons. The van der Waals surface area contributed by atoms with Crippen molar-refractivity contribution < 1.29 is 13.2 Å². The van der Waals surface area contributed by atoms with Crippen molar-refractivity contribution in [2.24, 2.45) is 5.92 Å². The van der Waals surface area contributed by atoms with Gasteiger partial charge in [-0.2, -0.15) is 0 Å². The van der Waals surface area contributed by atoms with Crippen LogP contribution in [0.1, 0.15) is 33.3 Å². The van der Waals surface area contributed by atoms with Crippen molar-refractivity contribution in [1.29, 1.82) is 0 Å². The summed E-state index contributed by atoms with van der Waals surface area (Å²) in [5.74, 6) is 0.730. The molecule has 0 bridgehead atoms. The number of benzene rings is 1. The average molecular weight is 441 g/mol. The predicted octanol–water partition coefficient (Wildman–Crippen LogP) is 4.62. The molecule has 142 valence electrons. The molecule has 0 spiro atoms. The van der Waals surface area contributed by atoms with E-state index in [1.165, 1.54) is 4.31 Å². The highest BCUT2D eigenvalue weighted by Crippen LogP contribution is 2.33. The molecule has 1 aromatic heterocycles. The molecule has 1 heterocycles. The largest absolute Gasteiger partial charge is 0.490 e. The fourth-order valence-electron chi connectivity index (χ4n) is 2.51. The van der Waals surface area contributed by atoms with Crippen molar-refractivity contribution >= 4 is 31.6 Å². The van der Waals surface area contributed by atoms with Crippen molar-refractivity contribution in [2.75, 3.05) is 10.1 Å². The Labute approximate surface area is 164 Å². The van der Waals surface area contributed by atoms with Gasteiger partial charge in [0.15, 0.2) is 0 Å². The lowest BCUT2D eigenvalue weighted by Gasteiger charge is -2.26. The van der Waals surface area contributed by atoms with E-state index in [0.717, 1.165) is 10.0 Å². The predicted molar refractivity (Wildman–Crippen MR) is 109 cm³/mol. The number of hydrogen-bond donors (Lipinski definition) is 0. The number of halogens is 1. The first-order valence-corrected chi connectivity index (χ1v) is 10.9. The average Bonchev–Trinajstić information content (AvgIpc) is 2.54. The van der Waals surface area contributed by atoms with Crippen LogP contribution in [0.3, 0.4) is 0 Å². The van der Waals surface area contributed by atoms with Gasteiger partial charge in [-0.15, -0.1) is 0 Å². The van der Waals surface area contributed by atoms with Crippen LogP contribution in [0.25, 0.3) is 0 Å². The van der Waals surface area contributed by atoms with E-state index in [1.54, 1.807) is 24.5 Å². The minimum Gasteiger partial charge on any atom is -0.490 e. The number of sulfonamides is 1. The van der Waals surface area contributed by atoms with E-state index in [9.17, 15) is 8.42 Å². The fraction of sp³-hybridized carbons (Fsp3) is 0.421. The lowest BCUT2D eigenvalue weighted by atomic mass is 10.2. The fourth-order valence-corrected chi connectivity index (χ4v) is 4.65. The van der Waals surface area contributed by atoms with Gasteiger partial charge in [-0.3, -0.25) is 9.29 Å². The van der Waals surface area contributed by atoms with E-state index in [0.29, 0.717) is 11.4 Å². The van der Waals surface area contributed by atoms with Gasteiger partial charge >= 0.3 is 0 Å². The Kier molecular flexibility index (Phi) is 7.06. The van der Waals surface area contributed by atoms with E-state index >= 15 is 0 Å². The van der Waals surface area contributed by atoms with E-state index in [2.05, 4.69) is 20.9 Å². The summed E-state index contributed by atoms with van der Waals surface area (Å²) in [6.07, 6.45) is 3.32. The highest BCUT2D eigenvalue weighted by molar-refractivity contribution is 9.10. The minimum atomic E-state index is -3.49. The van der Waals surface area contributed by atoms with Crippen LogP contribution in [-0.4, -0.2) is 25.3 Å². The Balaban J connectivity index is 2.46. The van der Waals surface area contributed by atoms with Crippen molar-refractivity contribution in [2.45, 2.75) is 40.3 Å². The molecule has 0 atom stereocenters. The van der Waals surface area contributed by atoms with Gasteiger partial charge < -0.3 is 4.74 Å². The van der Waals surface area contributed by atoms with Crippen LogP contribution >= 0.6 is 15.9 Å². The molecule has 0 saturated carbocycles. The van der Waals surface area contributed by atoms with Crippen LogP contribution in [0.15, 0.2) is 47.2 Å². The molecule has 26 heavy (non-hydrogen) atoms. The summed E-state index contributed by atoms with van der Waals surface area (Å²) in [6.45, 7) is 7.92. The first kappa shape index (κ1) is 20.7. The van der Waals surface area contributed by atoms with Gasteiger partial charge in [-0.05, 0) is 65.5 Å². The van der Waals surface area contributed by atoms with Crippen LogP contribution in [0.4, 0.5) is 5.69 Å². The number of ether oxygens (including phenoxy) is 1. The molecular formula is C19H25BrN2O3S. The third kappa shape index (κ3) is 5.71. The zero-order chi connectivity index (χ0) is 19.3. The molecular weight excluding hydrogens is 416 g/mol. The van der Waals surface area contributed by atoms with Gasteiger partial charge in [-0.1, -0.05) is 13.8 Å². The normalized spacial score (nSPS) is 11.8. The summed E-state index contributed by atoms with van der Waals surface area (Å²) in [5, 5.41) is 0. The quantitative estimate of drug-likeness (QED) is 0.600. The van der Waals surface area contributed by atoms with Crippen molar-refractivity contribution in [3.63, 3.8) is 0 Å². The van der Waals surface area contributed by atoms with Gasteiger partial charge in [0.05, 0.1) is 28.6 Å². The van der Waals surface area contributed by atoms with Gasteiger partial charge in [0.25, 0.3) is 0 Å². The summed E-state index contributed by atoms with van der Waals surface area (Å²) in [7, 11) is -3.49. The van der Waals surface area contributed by atoms with Crippen LogP contribution in [-0.2, 0) is 16.6 Å². The van der Waals surface area contributed by atoms with Crippen LogP contribution in [0.5, 0.6) is 5.75 Å². The molecule has 0 aliphatic heterocycles. The maximum atomic E-state index is 13.0. The molecule has 0 saturated heterocycles. The summed E-state index contributed by atoms with van der Waals surface area (Å²) in [6, 6.07) is 9.02. The van der Waals surface area contributed by atoms with E-state index < -0.39 is 10.0 Å². The van der Waals surface area contributed by atoms with Crippen molar-refractivity contribution in [3.05, 3.63) is 52.8 Å². The lowest BCUT2D eigenvalue weighted by Crippen LogP contribution is -2.34. The Bertz CT molecular complexity index is 824. The number of nitrogens with zero attached hydrogens (tertiary/aromatic N) is 2. The van der Waals surface area contributed by atoms with E-state index in [1.807, 2.05) is 45.9 Å². The topological polar surface area (TPSA) is 59.5 Å². The van der Waals surface area contributed by atoms with Gasteiger partial charge in [-0.25, -0.2) is 8.42 Å². The zero-order valence-corrected chi connectivity index (χ0v) is 17.9. The van der Waals surface area contributed by atoms with E-state index in [4.69, 9.17) is 4.74 Å². The van der Waals surface area contributed by atoms with Crippen LogP contribution in [0, 0.1) is 5.92 Å². The SMILES string of the molecule is CC(C)CS(=O)(=O)N(Cc1ccncc1)c1ccc(Br)c(OC(C)C)c1. The Morgan fingerprint density at radius 1 is 1.12 bits per heavy atom. The smallest absolute Gasteiger partial charge is 0.235 e. The Morgan fingerprint density at radius 3 is 2.35 bits per heavy atom. The van der Waals surface area contributed by atoms with Crippen LogP contribution < -0.4 is 9.04 Å². The second-order valence-corrected chi connectivity index (χ2v) is 9.61. The summed E-state index contributed by atoms with van der Waals surface area (Å²) < 4.78 is 34.1. The van der Waals surface area contributed by atoms with Crippen molar-refractivity contribution in [1.82, 2.24) is 4.98 Å². The third-order valence-corrected chi connectivity index (χ3v) is 6.28. The van der Waals surface area contributed by atoms with Gasteiger partial charge in [0.1, 0.15) is 5.75 Å². The van der Waals surface area contributed by atoms with Crippen molar-refractivity contribution in [3.8, 4) is 5.75 Å². The Morgan fingerprint density at radius 2 is 1.77 bits per heavy atom. The molecule has 0 amide bonds. The number of rotatable bonds is 8. The van der Waals surface area contributed by atoms with E-state index in [-0.39, 0.29) is 24.3 Å². The molecule has 0 unspecified atom stereocenters. The molecule has 0 fully saturated rings. The third-order valence-electron chi connectivity index (χ3n) is 3.52. The van der Waals surface area contributed by atoms with Gasteiger partial charge in [0, 0.05) is 18.5 Å². The minimum absolute atomic E-state index is 0.0116. The zero-order valence-electron chi connectivity index (χ0n) is 15.5. The summed E-state index contributed by atoms with van der Waals surface area (Å²) in [4.78, 5) is 4.00. The lowest BCUT2D eigenvalue weighted by molar-refractivity contribution is 0.241. The monoisotopic (exact) mass is 440 g/mol. The van der Waals surface area contributed by atoms with Crippen LogP contribution in [0.2, 0.25) is 0 Å². The first-order valence-electron chi connectivity index (χ1n) is 8.54. The molecule has 2 aromatic rings. The number of anilines is 1. The highest BCUT2D eigenvalue weighted by atomic mass is 79.9. The molecule has 7 heteroatoms. The maximum absolute atomic E-state index is 13.0. The first-order chi connectivity index (χ1) is 12.2. The summed E-state index contributed by atoms with van der Waals surface area (Å²) in [5.41, 5.74) is 1.46. The standard InChI is InChI=1S/C19H25BrN2O3S/c1-14(2)13-26(23,24)22(12-16-7-9-21-10-8-16)17-5-6-18(20)19(11-17)25-15(3)4/h5-11,14-15H,12-13H2,1-4H3. The second-order valence-electron chi connectivity index (χ2n) is 6.82. The maximum Gasteiger partial charge on any atom is 0.235 e. The summed E-state index contributed by atoms with van der Waals surface area (Å²) >= 11 is 3.46. The van der Waals surface area contributed by atoms with Gasteiger partial charge in [0.2, 0.25) is 10.0 Å². The molecule has 2 rings (SSSR count). The number of pyridine rings is 1. The molecule has 0 aliphatic carbocycles. The molecule has 0 aliphatic rings. The Hall–Kier alpha value is -1.60. The number of hydrogen-bond acceptors (Lipinski definition) is 4. The molecule has 0 N–H and O–H groups in total. The number of aromatic nitrogens is 1.